The van der Waals surface area contributed by atoms with Gasteiger partial charge < -0.3 is 19.6 Å². The second-order valence-electron chi connectivity index (χ2n) is 6.59. The van der Waals surface area contributed by atoms with Crippen LogP contribution in [0.4, 0.5) is 15.9 Å². The first-order chi connectivity index (χ1) is 14.1. The van der Waals surface area contributed by atoms with E-state index < -0.39 is 5.97 Å². The second-order valence-corrected chi connectivity index (χ2v) is 6.59. The predicted molar refractivity (Wildman–Crippen MR) is 106 cm³/mol. The first kappa shape index (κ1) is 18.7. The molecule has 0 saturated carbocycles. The molecule has 8 nitrogen and oxygen atoms in total. The molecule has 29 heavy (non-hydrogen) atoms. The van der Waals surface area contributed by atoms with Crippen LogP contribution in [0.1, 0.15) is 10.5 Å². The van der Waals surface area contributed by atoms with Gasteiger partial charge in [0.25, 0.3) is 0 Å². The number of halogens is 1. The Labute approximate surface area is 166 Å². The van der Waals surface area contributed by atoms with Crippen LogP contribution in [0.5, 0.6) is 5.75 Å². The number of benzene rings is 2. The van der Waals surface area contributed by atoms with Gasteiger partial charge in [-0.2, -0.15) is 0 Å². The van der Waals surface area contributed by atoms with Crippen molar-refractivity contribution in [3.8, 4) is 11.4 Å². The molecule has 0 aliphatic carbocycles. The zero-order valence-corrected chi connectivity index (χ0v) is 15.8. The lowest BCUT2D eigenvalue weighted by atomic mass is 10.2. The number of rotatable bonds is 5. The summed E-state index contributed by atoms with van der Waals surface area (Å²) < 4.78 is 19.3. The van der Waals surface area contributed by atoms with Crippen LogP contribution in [0.25, 0.3) is 5.69 Å². The van der Waals surface area contributed by atoms with Gasteiger partial charge in [0.15, 0.2) is 5.82 Å². The van der Waals surface area contributed by atoms with Crippen molar-refractivity contribution in [1.29, 1.82) is 0 Å². The van der Waals surface area contributed by atoms with Crippen molar-refractivity contribution in [2.45, 2.75) is 0 Å². The minimum absolute atomic E-state index is 0.118. The predicted octanol–water partition coefficient (Wildman–Crippen LogP) is 2.44. The fourth-order valence-corrected chi connectivity index (χ4v) is 3.37. The summed E-state index contributed by atoms with van der Waals surface area (Å²) in [5.41, 5.74) is 1.03. The molecule has 1 saturated heterocycles. The van der Waals surface area contributed by atoms with Gasteiger partial charge in [-0.15, -0.1) is 15.0 Å². The lowest BCUT2D eigenvalue weighted by Gasteiger charge is -2.36. The van der Waals surface area contributed by atoms with E-state index in [0.717, 1.165) is 0 Å². The molecule has 150 valence electrons. The summed E-state index contributed by atoms with van der Waals surface area (Å²) in [4.78, 5) is 16.8. The van der Waals surface area contributed by atoms with Gasteiger partial charge in [-0.3, -0.25) is 0 Å². The molecule has 0 atom stereocenters. The van der Waals surface area contributed by atoms with Gasteiger partial charge in [0.2, 0.25) is 5.69 Å². The number of carboxylic acids is 1. The molecule has 1 fully saturated rings. The van der Waals surface area contributed by atoms with E-state index in [9.17, 15) is 14.3 Å². The Morgan fingerprint density at radius 1 is 1.03 bits per heavy atom. The standard InChI is InChI=1S/C20H20FN5O3/c1-29-15-6-4-5-14(13-15)26-22-18(20(27)28)19(23-26)25-11-9-24(10-12-25)17-8-3-2-7-16(17)21/h2-8,13H,9-12H2,1H3,(H,27,28). The Morgan fingerprint density at radius 3 is 2.45 bits per heavy atom. The highest BCUT2D eigenvalue weighted by Gasteiger charge is 2.27. The number of piperazine rings is 1. The molecular weight excluding hydrogens is 377 g/mol. The third kappa shape index (κ3) is 3.71. The highest BCUT2D eigenvalue weighted by atomic mass is 19.1. The quantitative estimate of drug-likeness (QED) is 0.708. The van der Waals surface area contributed by atoms with Crippen LogP contribution < -0.4 is 14.5 Å². The first-order valence-corrected chi connectivity index (χ1v) is 9.16. The lowest BCUT2D eigenvalue weighted by Crippen LogP contribution is -2.47. The number of ether oxygens (including phenoxy) is 1. The van der Waals surface area contributed by atoms with Crippen LogP contribution in [-0.4, -0.2) is 59.4 Å². The number of anilines is 2. The van der Waals surface area contributed by atoms with Gasteiger partial charge in [-0.1, -0.05) is 18.2 Å². The highest BCUT2D eigenvalue weighted by molar-refractivity contribution is 5.91. The van der Waals surface area contributed by atoms with Gasteiger partial charge >= 0.3 is 5.97 Å². The summed E-state index contributed by atoms with van der Waals surface area (Å²) in [5.74, 6) is -0.493. The molecule has 0 bridgehead atoms. The van der Waals surface area contributed by atoms with E-state index in [1.807, 2.05) is 9.80 Å². The van der Waals surface area contributed by atoms with Crippen molar-refractivity contribution in [2.75, 3.05) is 43.1 Å². The molecule has 1 N–H and O–H groups in total. The van der Waals surface area contributed by atoms with Gasteiger partial charge in [-0.25, -0.2) is 9.18 Å². The van der Waals surface area contributed by atoms with Gasteiger partial charge in [0, 0.05) is 32.2 Å². The van der Waals surface area contributed by atoms with E-state index in [2.05, 4.69) is 10.2 Å². The molecule has 1 aromatic heterocycles. The molecule has 0 amide bonds. The number of carboxylic acid groups (broad SMARTS) is 1. The van der Waals surface area contributed by atoms with Crippen LogP contribution in [0.2, 0.25) is 0 Å². The molecular formula is C20H20FN5O3. The molecule has 2 heterocycles. The zero-order chi connectivity index (χ0) is 20.4. The molecule has 0 unspecified atom stereocenters. The Bertz CT molecular complexity index is 1030. The largest absolute Gasteiger partial charge is 0.497 e. The van der Waals surface area contributed by atoms with E-state index in [-0.39, 0.29) is 11.5 Å². The molecule has 2 aromatic carbocycles. The number of hydrogen-bond acceptors (Lipinski definition) is 6. The Hall–Kier alpha value is -3.62. The van der Waals surface area contributed by atoms with E-state index in [0.29, 0.717) is 49.1 Å². The molecule has 0 radical (unpaired) electrons. The minimum Gasteiger partial charge on any atom is -0.497 e. The number of nitrogens with zero attached hydrogens (tertiary/aromatic N) is 5. The summed E-state index contributed by atoms with van der Waals surface area (Å²) in [5, 5.41) is 18.2. The van der Waals surface area contributed by atoms with Crippen LogP contribution in [0, 0.1) is 5.82 Å². The summed E-state index contributed by atoms with van der Waals surface area (Å²) in [6.45, 7) is 2.11. The fraction of sp³-hybridized carbons (Fsp3) is 0.250. The third-order valence-corrected chi connectivity index (χ3v) is 4.86. The summed E-state index contributed by atoms with van der Waals surface area (Å²) in [6, 6.07) is 13.7. The number of methoxy groups -OCH3 is 1. The minimum atomic E-state index is -1.15. The summed E-state index contributed by atoms with van der Waals surface area (Å²) in [6.07, 6.45) is 0. The molecule has 9 heteroatoms. The maximum Gasteiger partial charge on any atom is 0.360 e. The van der Waals surface area contributed by atoms with Crippen molar-refractivity contribution in [3.05, 3.63) is 60.0 Å². The topological polar surface area (TPSA) is 83.7 Å². The highest BCUT2D eigenvalue weighted by Crippen LogP contribution is 2.24. The number of hydrogen-bond donors (Lipinski definition) is 1. The van der Waals surface area contributed by atoms with Gasteiger partial charge in [0.1, 0.15) is 11.6 Å². The number of para-hydroxylation sites is 1. The van der Waals surface area contributed by atoms with Gasteiger partial charge in [0.05, 0.1) is 18.5 Å². The fourth-order valence-electron chi connectivity index (χ4n) is 3.37. The van der Waals surface area contributed by atoms with Crippen LogP contribution >= 0.6 is 0 Å². The van der Waals surface area contributed by atoms with Crippen LogP contribution in [-0.2, 0) is 0 Å². The zero-order valence-electron chi connectivity index (χ0n) is 15.8. The molecule has 4 rings (SSSR count). The Morgan fingerprint density at radius 2 is 1.76 bits per heavy atom. The van der Waals surface area contributed by atoms with Gasteiger partial charge in [-0.05, 0) is 24.3 Å². The number of carbonyl (C=O) groups is 1. The summed E-state index contributed by atoms with van der Waals surface area (Å²) in [7, 11) is 1.55. The average Bonchev–Trinajstić information content (AvgIpc) is 3.20. The van der Waals surface area contributed by atoms with Crippen LogP contribution in [0.15, 0.2) is 48.5 Å². The summed E-state index contributed by atoms with van der Waals surface area (Å²) >= 11 is 0. The smallest absolute Gasteiger partial charge is 0.360 e. The van der Waals surface area contributed by atoms with E-state index in [1.165, 1.54) is 10.9 Å². The van der Waals surface area contributed by atoms with E-state index >= 15 is 0 Å². The van der Waals surface area contributed by atoms with Crippen molar-refractivity contribution in [3.63, 3.8) is 0 Å². The van der Waals surface area contributed by atoms with Crippen molar-refractivity contribution in [1.82, 2.24) is 15.0 Å². The molecule has 1 aliphatic heterocycles. The monoisotopic (exact) mass is 397 g/mol. The molecule has 3 aromatic rings. The van der Waals surface area contributed by atoms with E-state index in [4.69, 9.17) is 4.74 Å². The van der Waals surface area contributed by atoms with Crippen molar-refractivity contribution in [2.24, 2.45) is 0 Å². The second kappa shape index (κ2) is 7.78. The van der Waals surface area contributed by atoms with Crippen molar-refractivity contribution >= 4 is 17.5 Å². The average molecular weight is 397 g/mol. The normalized spacial score (nSPS) is 14.1. The van der Waals surface area contributed by atoms with E-state index in [1.54, 1.807) is 49.6 Å². The maximum atomic E-state index is 14.0. The van der Waals surface area contributed by atoms with Crippen molar-refractivity contribution < 1.29 is 19.0 Å². The third-order valence-electron chi connectivity index (χ3n) is 4.86. The lowest BCUT2D eigenvalue weighted by molar-refractivity contribution is 0.0690. The first-order valence-electron chi connectivity index (χ1n) is 9.16. The van der Waals surface area contributed by atoms with Crippen LogP contribution in [0.3, 0.4) is 0 Å². The molecule has 0 spiro atoms. The maximum absolute atomic E-state index is 14.0. The Kier molecular flexibility index (Phi) is 5.03. The number of aromatic nitrogens is 3. The SMILES string of the molecule is COc1cccc(-n2nc(C(=O)O)c(N3CCN(c4ccccc4F)CC3)n2)c1. The number of aromatic carboxylic acids is 1. The molecule has 1 aliphatic rings. The Balaban J connectivity index is 1.58.